The van der Waals surface area contributed by atoms with Gasteiger partial charge in [0, 0.05) is 6.07 Å². The maximum absolute atomic E-state index is 11.8. The summed E-state index contributed by atoms with van der Waals surface area (Å²) in [5.41, 5.74) is -0.381. The predicted octanol–water partition coefficient (Wildman–Crippen LogP) is 3.18. The van der Waals surface area contributed by atoms with Gasteiger partial charge in [-0.05, 0) is 24.3 Å². The zero-order chi connectivity index (χ0) is 15.5. The van der Waals surface area contributed by atoms with Gasteiger partial charge in [-0.2, -0.15) is 0 Å². The number of ether oxygens (including phenoxy) is 1. The smallest absolute Gasteiger partial charge is 0.312 e. The standard InChI is InChI=1S/C14H13NO5S/c1-2-21(18,19)12-8-9-14(13(10-12)15(16)17)20-11-6-4-3-5-7-11/h3-10H,2H2,1H3. The van der Waals surface area contributed by atoms with E-state index in [-0.39, 0.29) is 22.1 Å². The van der Waals surface area contributed by atoms with Crippen LogP contribution in [0.25, 0.3) is 0 Å². The lowest BCUT2D eigenvalue weighted by atomic mass is 10.3. The SMILES string of the molecule is CCS(=O)(=O)c1ccc(Oc2ccccc2)c([N+](=O)[O-])c1. The molecule has 2 aromatic rings. The first-order valence-electron chi connectivity index (χ1n) is 6.18. The van der Waals surface area contributed by atoms with Gasteiger partial charge in [0.1, 0.15) is 5.75 Å². The number of nitro benzene ring substituents is 1. The molecule has 0 saturated carbocycles. The Hall–Kier alpha value is -2.41. The van der Waals surface area contributed by atoms with E-state index in [4.69, 9.17) is 4.74 Å². The summed E-state index contributed by atoms with van der Waals surface area (Å²) in [5.74, 6) is 0.316. The highest BCUT2D eigenvalue weighted by Crippen LogP contribution is 2.33. The summed E-state index contributed by atoms with van der Waals surface area (Å²) in [6, 6.07) is 12.2. The van der Waals surface area contributed by atoms with Gasteiger partial charge in [-0.25, -0.2) is 8.42 Å². The van der Waals surface area contributed by atoms with Gasteiger partial charge in [0.05, 0.1) is 15.6 Å². The Bertz CT molecular complexity index is 756. The third-order valence-corrected chi connectivity index (χ3v) is 4.57. The molecule has 2 aromatic carbocycles. The molecule has 0 atom stereocenters. The molecule has 0 aliphatic rings. The Kier molecular flexibility index (Phi) is 4.23. The molecule has 0 N–H and O–H groups in total. The zero-order valence-electron chi connectivity index (χ0n) is 11.2. The third kappa shape index (κ3) is 3.38. The van der Waals surface area contributed by atoms with Gasteiger partial charge in [0.2, 0.25) is 5.75 Å². The van der Waals surface area contributed by atoms with Crippen LogP contribution >= 0.6 is 0 Å². The Labute approximate surface area is 122 Å². The number of benzene rings is 2. The molecule has 110 valence electrons. The summed E-state index contributed by atoms with van der Waals surface area (Å²) in [6.45, 7) is 1.48. The Balaban J connectivity index is 2.46. The molecule has 0 aliphatic heterocycles. The van der Waals surface area contributed by atoms with Crippen molar-refractivity contribution in [3.05, 3.63) is 58.6 Å². The molecular formula is C14H13NO5S. The van der Waals surface area contributed by atoms with E-state index in [1.165, 1.54) is 19.1 Å². The van der Waals surface area contributed by atoms with Gasteiger partial charge >= 0.3 is 5.69 Å². The molecule has 0 spiro atoms. The van der Waals surface area contributed by atoms with Crippen molar-refractivity contribution in [3.8, 4) is 11.5 Å². The molecule has 0 radical (unpaired) electrons. The molecule has 0 heterocycles. The molecule has 0 amide bonds. The van der Waals surface area contributed by atoms with Crippen LogP contribution in [0, 0.1) is 10.1 Å². The fourth-order valence-electron chi connectivity index (χ4n) is 1.70. The normalized spacial score (nSPS) is 11.1. The molecule has 0 fully saturated rings. The summed E-state index contributed by atoms with van der Waals surface area (Å²) >= 11 is 0. The minimum atomic E-state index is -3.50. The lowest BCUT2D eigenvalue weighted by Gasteiger charge is -2.08. The van der Waals surface area contributed by atoms with Gasteiger partial charge < -0.3 is 4.74 Å². The molecule has 0 unspecified atom stereocenters. The predicted molar refractivity (Wildman–Crippen MR) is 77.3 cm³/mol. The molecule has 2 rings (SSSR count). The van der Waals surface area contributed by atoms with Crippen molar-refractivity contribution in [2.24, 2.45) is 0 Å². The fourth-order valence-corrected chi connectivity index (χ4v) is 2.60. The number of sulfone groups is 1. The van der Waals surface area contributed by atoms with Crippen molar-refractivity contribution in [3.63, 3.8) is 0 Å². The second-order valence-corrected chi connectivity index (χ2v) is 6.48. The lowest BCUT2D eigenvalue weighted by Crippen LogP contribution is -2.04. The van der Waals surface area contributed by atoms with E-state index < -0.39 is 14.8 Å². The Morgan fingerprint density at radius 2 is 1.81 bits per heavy atom. The highest BCUT2D eigenvalue weighted by molar-refractivity contribution is 7.91. The molecule has 0 aliphatic carbocycles. The van der Waals surface area contributed by atoms with Crippen LogP contribution in [0.1, 0.15) is 6.92 Å². The Morgan fingerprint density at radius 1 is 1.14 bits per heavy atom. The van der Waals surface area contributed by atoms with E-state index in [1.54, 1.807) is 30.3 Å². The number of para-hydroxylation sites is 1. The maximum atomic E-state index is 11.8. The number of nitro groups is 1. The van der Waals surface area contributed by atoms with Crippen molar-refractivity contribution in [1.82, 2.24) is 0 Å². The quantitative estimate of drug-likeness (QED) is 0.625. The first-order valence-corrected chi connectivity index (χ1v) is 7.83. The van der Waals surface area contributed by atoms with E-state index in [0.29, 0.717) is 5.75 Å². The van der Waals surface area contributed by atoms with Crippen LogP contribution in [0.15, 0.2) is 53.4 Å². The molecule has 21 heavy (non-hydrogen) atoms. The van der Waals surface area contributed by atoms with Crippen LogP contribution in [0.4, 0.5) is 5.69 Å². The monoisotopic (exact) mass is 307 g/mol. The number of hydrogen-bond acceptors (Lipinski definition) is 5. The van der Waals surface area contributed by atoms with Crippen LogP contribution in [0.3, 0.4) is 0 Å². The van der Waals surface area contributed by atoms with Crippen LogP contribution in [0.5, 0.6) is 11.5 Å². The van der Waals surface area contributed by atoms with Crippen LogP contribution in [-0.2, 0) is 9.84 Å². The minimum absolute atomic E-state index is 0.00116. The van der Waals surface area contributed by atoms with Crippen molar-refractivity contribution in [2.45, 2.75) is 11.8 Å². The molecule has 7 heteroatoms. The van der Waals surface area contributed by atoms with Crippen molar-refractivity contribution >= 4 is 15.5 Å². The average Bonchev–Trinajstić information content (AvgIpc) is 2.48. The number of nitrogens with zero attached hydrogens (tertiary/aromatic N) is 1. The zero-order valence-corrected chi connectivity index (χ0v) is 12.0. The van der Waals surface area contributed by atoms with Crippen LogP contribution < -0.4 is 4.74 Å². The number of hydrogen-bond donors (Lipinski definition) is 0. The van der Waals surface area contributed by atoms with Crippen molar-refractivity contribution < 1.29 is 18.1 Å². The highest BCUT2D eigenvalue weighted by atomic mass is 32.2. The van der Waals surface area contributed by atoms with Gasteiger partial charge in [-0.3, -0.25) is 10.1 Å². The third-order valence-electron chi connectivity index (χ3n) is 2.84. The summed E-state index contributed by atoms with van der Waals surface area (Å²) in [5, 5.41) is 11.1. The molecule has 6 nitrogen and oxygen atoms in total. The minimum Gasteiger partial charge on any atom is -0.450 e. The summed E-state index contributed by atoms with van der Waals surface area (Å²) in [4.78, 5) is 10.4. The van der Waals surface area contributed by atoms with Crippen LogP contribution in [-0.4, -0.2) is 19.1 Å². The largest absolute Gasteiger partial charge is 0.450 e. The summed E-state index contributed by atoms with van der Waals surface area (Å²) in [6.07, 6.45) is 0. The lowest BCUT2D eigenvalue weighted by molar-refractivity contribution is -0.385. The second-order valence-electron chi connectivity index (χ2n) is 4.21. The van der Waals surface area contributed by atoms with E-state index in [1.807, 2.05) is 0 Å². The second kappa shape index (κ2) is 5.92. The molecule has 0 saturated heterocycles. The van der Waals surface area contributed by atoms with Gasteiger partial charge in [-0.1, -0.05) is 25.1 Å². The maximum Gasteiger partial charge on any atom is 0.312 e. The summed E-state index contributed by atoms with van der Waals surface area (Å²) in [7, 11) is -3.50. The first-order chi connectivity index (χ1) is 9.94. The van der Waals surface area contributed by atoms with Gasteiger partial charge in [0.15, 0.2) is 9.84 Å². The first kappa shape index (κ1) is 15.0. The molecule has 0 aromatic heterocycles. The highest BCUT2D eigenvalue weighted by Gasteiger charge is 2.21. The topological polar surface area (TPSA) is 86.5 Å². The molecule has 0 bridgehead atoms. The van der Waals surface area contributed by atoms with E-state index >= 15 is 0 Å². The van der Waals surface area contributed by atoms with Crippen LogP contribution in [0.2, 0.25) is 0 Å². The van der Waals surface area contributed by atoms with Gasteiger partial charge in [-0.15, -0.1) is 0 Å². The number of rotatable bonds is 5. The molecular weight excluding hydrogens is 294 g/mol. The van der Waals surface area contributed by atoms with Gasteiger partial charge in [0.25, 0.3) is 0 Å². The van der Waals surface area contributed by atoms with Crippen molar-refractivity contribution in [1.29, 1.82) is 0 Å². The summed E-state index contributed by atoms with van der Waals surface area (Å²) < 4.78 is 29.0. The van der Waals surface area contributed by atoms with E-state index in [9.17, 15) is 18.5 Å². The average molecular weight is 307 g/mol. The van der Waals surface area contributed by atoms with E-state index in [0.717, 1.165) is 6.07 Å². The van der Waals surface area contributed by atoms with E-state index in [2.05, 4.69) is 0 Å². The fraction of sp³-hybridized carbons (Fsp3) is 0.143. The van der Waals surface area contributed by atoms with Crippen molar-refractivity contribution in [2.75, 3.05) is 5.75 Å². The Morgan fingerprint density at radius 3 is 2.38 bits per heavy atom.